The third-order valence-corrected chi connectivity index (χ3v) is 4.70. The summed E-state index contributed by atoms with van der Waals surface area (Å²) in [6.07, 6.45) is 3.50. The summed E-state index contributed by atoms with van der Waals surface area (Å²) in [4.78, 5) is 25.6. The number of carbonyl (C=O) groups excluding carboxylic acids is 1. The Bertz CT molecular complexity index is 951. The molecule has 6 nitrogen and oxygen atoms in total. The van der Waals surface area contributed by atoms with Crippen LogP contribution in [0, 0.1) is 5.92 Å². The second-order valence-electron chi connectivity index (χ2n) is 5.81. The second-order valence-corrected chi connectivity index (χ2v) is 6.65. The molecule has 0 saturated carbocycles. The molecule has 2 heterocycles. The van der Waals surface area contributed by atoms with Crippen molar-refractivity contribution in [3.05, 3.63) is 65.1 Å². The molecule has 134 valence electrons. The number of furan rings is 1. The van der Waals surface area contributed by atoms with E-state index in [1.807, 2.05) is 30.5 Å². The van der Waals surface area contributed by atoms with Gasteiger partial charge in [0.1, 0.15) is 5.69 Å². The largest absolute Gasteiger partial charge is 0.463 e. The summed E-state index contributed by atoms with van der Waals surface area (Å²) in [6, 6.07) is 14.2. The van der Waals surface area contributed by atoms with Crippen molar-refractivity contribution in [3.63, 3.8) is 0 Å². The van der Waals surface area contributed by atoms with Gasteiger partial charge in [0.15, 0.2) is 5.76 Å². The first-order valence-electron chi connectivity index (χ1n) is 8.14. The molecule has 0 aliphatic carbocycles. The summed E-state index contributed by atoms with van der Waals surface area (Å²) in [5.74, 6) is -0.0182. The molecule has 0 fully saturated rings. The number of para-hydroxylation sites is 1. The van der Waals surface area contributed by atoms with Crippen molar-refractivity contribution in [2.75, 3.05) is 11.6 Å². The molecule has 0 aliphatic rings. The van der Waals surface area contributed by atoms with Gasteiger partial charge in [0.25, 0.3) is 5.56 Å². The van der Waals surface area contributed by atoms with Crippen molar-refractivity contribution in [3.8, 4) is 11.5 Å². The van der Waals surface area contributed by atoms with E-state index in [0.717, 1.165) is 10.6 Å². The number of thioether (sulfide) groups is 1. The average molecular weight is 369 g/mol. The van der Waals surface area contributed by atoms with Crippen LogP contribution in [-0.4, -0.2) is 21.9 Å². The quantitative estimate of drug-likeness (QED) is 0.673. The zero-order valence-electron chi connectivity index (χ0n) is 14.5. The van der Waals surface area contributed by atoms with Gasteiger partial charge in [0.05, 0.1) is 24.4 Å². The van der Waals surface area contributed by atoms with E-state index in [9.17, 15) is 9.59 Å². The van der Waals surface area contributed by atoms with E-state index in [-0.39, 0.29) is 18.0 Å². The lowest BCUT2D eigenvalue weighted by Crippen LogP contribution is -2.31. The van der Waals surface area contributed by atoms with Gasteiger partial charge in [-0.3, -0.25) is 9.59 Å². The molecule has 3 rings (SSSR count). The van der Waals surface area contributed by atoms with E-state index < -0.39 is 5.92 Å². The van der Waals surface area contributed by atoms with Crippen LogP contribution in [0.25, 0.3) is 11.5 Å². The molecule has 1 atom stereocenters. The first-order valence-corrected chi connectivity index (χ1v) is 9.37. The number of rotatable bonds is 6. The van der Waals surface area contributed by atoms with Crippen molar-refractivity contribution in [1.29, 1.82) is 0 Å². The molecular weight excluding hydrogens is 350 g/mol. The van der Waals surface area contributed by atoms with Gasteiger partial charge in [-0.25, -0.2) is 4.68 Å². The number of anilines is 1. The van der Waals surface area contributed by atoms with Crippen molar-refractivity contribution < 1.29 is 9.21 Å². The highest BCUT2D eigenvalue weighted by Gasteiger charge is 2.17. The number of carbonyl (C=O) groups is 1. The lowest BCUT2D eigenvalue weighted by molar-refractivity contribution is -0.119. The SMILES string of the molecule is CSc1ccccc1NC(=O)[C@@H](C)Cn1nc(-c2ccco2)ccc1=O. The number of nitrogens with one attached hydrogen (secondary N) is 1. The minimum atomic E-state index is -0.429. The van der Waals surface area contributed by atoms with Crippen LogP contribution < -0.4 is 10.9 Å². The maximum absolute atomic E-state index is 12.5. The normalized spacial score (nSPS) is 11.9. The second kappa shape index (κ2) is 8.05. The molecule has 1 N–H and O–H groups in total. The summed E-state index contributed by atoms with van der Waals surface area (Å²) < 4.78 is 6.61. The number of amides is 1. The Kier molecular flexibility index (Phi) is 5.58. The van der Waals surface area contributed by atoms with Gasteiger partial charge in [0, 0.05) is 11.0 Å². The minimum absolute atomic E-state index is 0.163. The summed E-state index contributed by atoms with van der Waals surface area (Å²) in [5.41, 5.74) is 1.06. The van der Waals surface area contributed by atoms with E-state index >= 15 is 0 Å². The topological polar surface area (TPSA) is 77.1 Å². The Labute approximate surface area is 155 Å². The Morgan fingerprint density at radius 1 is 1.23 bits per heavy atom. The molecular formula is C19H19N3O3S. The molecule has 2 aromatic heterocycles. The Balaban J connectivity index is 1.75. The Hall–Kier alpha value is -2.80. The van der Waals surface area contributed by atoms with E-state index in [1.165, 1.54) is 10.7 Å². The van der Waals surface area contributed by atoms with E-state index in [1.54, 1.807) is 43.1 Å². The maximum atomic E-state index is 12.5. The smallest absolute Gasteiger partial charge is 0.266 e. The van der Waals surface area contributed by atoms with Crippen LogP contribution in [0.15, 0.2) is 68.9 Å². The molecule has 1 amide bonds. The molecule has 0 bridgehead atoms. The maximum Gasteiger partial charge on any atom is 0.266 e. The van der Waals surface area contributed by atoms with Crippen LogP contribution in [0.5, 0.6) is 0 Å². The fraction of sp³-hybridized carbons (Fsp3) is 0.211. The van der Waals surface area contributed by atoms with Crippen LogP contribution >= 0.6 is 11.8 Å². The van der Waals surface area contributed by atoms with E-state index in [4.69, 9.17) is 4.42 Å². The summed E-state index contributed by atoms with van der Waals surface area (Å²) in [7, 11) is 0. The standard InChI is InChI=1S/C19H19N3O3S/c1-13(19(24)20-15-6-3-4-8-17(15)26-2)12-22-18(23)10-9-14(21-22)16-7-5-11-25-16/h3-11,13H,12H2,1-2H3,(H,20,24)/t13-/m0/s1. The fourth-order valence-corrected chi connectivity index (χ4v) is 3.04. The van der Waals surface area contributed by atoms with Gasteiger partial charge < -0.3 is 9.73 Å². The van der Waals surface area contributed by atoms with Gasteiger partial charge >= 0.3 is 0 Å². The molecule has 1 aromatic carbocycles. The number of nitrogens with zero attached hydrogens (tertiary/aromatic N) is 2. The molecule has 7 heteroatoms. The lowest BCUT2D eigenvalue weighted by Gasteiger charge is -2.15. The van der Waals surface area contributed by atoms with Crippen LogP contribution in [0.4, 0.5) is 5.69 Å². The van der Waals surface area contributed by atoms with Crippen LogP contribution in [0.2, 0.25) is 0 Å². The van der Waals surface area contributed by atoms with E-state index in [2.05, 4.69) is 10.4 Å². The highest BCUT2D eigenvalue weighted by molar-refractivity contribution is 7.98. The van der Waals surface area contributed by atoms with Gasteiger partial charge in [-0.15, -0.1) is 11.8 Å². The molecule has 0 radical (unpaired) electrons. The molecule has 0 saturated heterocycles. The first-order chi connectivity index (χ1) is 12.6. The number of benzene rings is 1. The summed E-state index contributed by atoms with van der Waals surface area (Å²) in [5, 5.41) is 7.23. The molecule has 0 aliphatic heterocycles. The van der Waals surface area contributed by atoms with Crippen molar-refractivity contribution in [2.45, 2.75) is 18.4 Å². The predicted molar refractivity (Wildman–Crippen MR) is 102 cm³/mol. The van der Waals surface area contributed by atoms with Gasteiger partial charge in [-0.05, 0) is 36.6 Å². The average Bonchev–Trinajstić information content (AvgIpc) is 3.18. The first kappa shape index (κ1) is 18.0. The Morgan fingerprint density at radius 2 is 2.04 bits per heavy atom. The molecule has 3 aromatic rings. The van der Waals surface area contributed by atoms with Crippen molar-refractivity contribution in [2.24, 2.45) is 5.92 Å². The van der Waals surface area contributed by atoms with Gasteiger partial charge in [0.2, 0.25) is 5.91 Å². The zero-order chi connectivity index (χ0) is 18.5. The van der Waals surface area contributed by atoms with Crippen LogP contribution in [0.3, 0.4) is 0 Å². The molecule has 0 spiro atoms. The van der Waals surface area contributed by atoms with Crippen LogP contribution in [0.1, 0.15) is 6.92 Å². The Morgan fingerprint density at radius 3 is 2.77 bits per heavy atom. The van der Waals surface area contributed by atoms with Crippen LogP contribution in [-0.2, 0) is 11.3 Å². The summed E-state index contributed by atoms with van der Waals surface area (Å²) in [6.45, 7) is 1.95. The molecule has 0 unspecified atom stereocenters. The highest BCUT2D eigenvalue weighted by atomic mass is 32.2. The molecule has 26 heavy (non-hydrogen) atoms. The number of hydrogen-bond donors (Lipinski definition) is 1. The predicted octanol–water partition coefficient (Wildman–Crippen LogP) is 3.50. The number of aromatic nitrogens is 2. The zero-order valence-corrected chi connectivity index (χ0v) is 15.3. The van der Waals surface area contributed by atoms with Crippen molar-refractivity contribution >= 4 is 23.4 Å². The summed E-state index contributed by atoms with van der Waals surface area (Å²) >= 11 is 1.56. The number of hydrogen-bond acceptors (Lipinski definition) is 5. The minimum Gasteiger partial charge on any atom is -0.463 e. The lowest BCUT2D eigenvalue weighted by atomic mass is 10.1. The monoisotopic (exact) mass is 369 g/mol. The third-order valence-electron chi connectivity index (χ3n) is 3.90. The van der Waals surface area contributed by atoms with Gasteiger partial charge in [-0.2, -0.15) is 5.10 Å². The highest BCUT2D eigenvalue weighted by Crippen LogP contribution is 2.25. The fourth-order valence-electron chi connectivity index (χ4n) is 2.48. The van der Waals surface area contributed by atoms with Crippen molar-refractivity contribution in [1.82, 2.24) is 9.78 Å². The third kappa shape index (κ3) is 4.05. The van der Waals surface area contributed by atoms with E-state index in [0.29, 0.717) is 11.5 Å². The van der Waals surface area contributed by atoms with Gasteiger partial charge in [-0.1, -0.05) is 19.1 Å².